The summed E-state index contributed by atoms with van der Waals surface area (Å²) in [6.07, 6.45) is 17.8. The highest BCUT2D eigenvalue weighted by Gasteiger charge is 2.04. The van der Waals surface area contributed by atoms with Crippen LogP contribution in [0.1, 0.15) is 117 Å². The van der Waals surface area contributed by atoms with Crippen LogP contribution in [0.4, 0.5) is 0 Å². The summed E-state index contributed by atoms with van der Waals surface area (Å²) < 4.78 is 0. The zero-order valence-electron chi connectivity index (χ0n) is 17.4. The van der Waals surface area contributed by atoms with E-state index in [0.717, 1.165) is 37.2 Å². The first-order chi connectivity index (χ1) is 12.7. The first kappa shape index (κ1) is 26.0. The summed E-state index contributed by atoms with van der Waals surface area (Å²) in [5.41, 5.74) is 0. The van der Waals surface area contributed by atoms with Gasteiger partial charge in [0.1, 0.15) is 11.6 Å². The zero-order chi connectivity index (χ0) is 19.3. The monoisotopic (exact) mass is 402 g/mol. The van der Waals surface area contributed by atoms with Gasteiger partial charge in [0.05, 0.1) is 0 Å². The van der Waals surface area contributed by atoms with Gasteiger partial charge in [-0.1, -0.05) is 99.6 Å². The summed E-state index contributed by atoms with van der Waals surface area (Å²) in [5.74, 6) is 2.61. The predicted octanol–water partition coefficient (Wildman–Crippen LogP) is 7.79. The molecule has 0 saturated heterocycles. The Balaban J connectivity index is 3.28. The standard InChI is InChI=1S/C22H42O2S2/c1-3-5-7-9-11-13-15-21(23)17-19-25-26-20-18-22(24)16-14-12-10-8-6-4-2/h3-20H2,1-2H3. The van der Waals surface area contributed by atoms with Crippen LogP contribution >= 0.6 is 21.6 Å². The van der Waals surface area contributed by atoms with E-state index in [4.69, 9.17) is 0 Å². The van der Waals surface area contributed by atoms with Crippen LogP contribution in [-0.4, -0.2) is 23.1 Å². The Kier molecular flexibility index (Phi) is 21.4. The quantitative estimate of drug-likeness (QED) is 0.145. The summed E-state index contributed by atoms with van der Waals surface area (Å²) >= 11 is 0. The van der Waals surface area contributed by atoms with Crippen LogP contribution in [0.3, 0.4) is 0 Å². The van der Waals surface area contributed by atoms with Gasteiger partial charge in [-0.05, 0) is 12.8 Å². The Morgan fingerprint density at radius 2 is 0.846 bits per heavy atom. The highest BCUT2D eigenvalue weighted by atomic mass is 33.1. The van der Waals surface area contributed by atoms with Gasteiger partial charge in [0.25, 0.3) is 0 Å². The van der Waals surface area contributed by atoms with Gasteiger partial charge in [0.2, 0.25) is 0 Å². The zero-order valence-corrected chi connectivity index (χ0v) is 19.0. The third-order valence-electron chi connectivity index (χ3n) is 4.63. The van der Waals surface area contributed by atoms with Gasteiger partial charge in [0.15, 0.2) is 0 Å². The SMILES string of the molecule is CCCCCCCCC(=O)CCSSCCC(=O)CCCCCCCC. The minimum Gasteiger partial charge on any atom is -0.300 e. The van der Waals surface area contributed by atoms with Crippen molar-refractivity contribution in [1.82, 2.24) is 0 Å². The molecule has 0 amide bonds. The van der Waals surface area contributed by atoms with Crippen molar-refractivity contribution >= 4 is 33.2 Å². The molecule has 0 fully saturated rings. The lowest BCUT2D eigenvalue weighted by molar-refractivity contribution is -0.119. The molecule has 0 spiro atoms. The molecule has 26 heavy (non-hydrogen) atoms. The molecule has 2 nitrogen and oxygen atoms in total. The van der Waals surface area contributed by atoms with Crippen molar-refractivity contribution < 1.29 is 9.59 Å². The van der Waals surface area contributed by atoms with Crippen molar-refractivity contribution in [1.29, 1.82) is 0 Å². The molecular weight excluding hydrogens is 360 g/mol. The second-order valence-electron chi connectivity index (χ2n) is 7.26. The van der Waals surface area contributed by atoms with Crippen molar-refractivity contribution in [3.8, 4) is 0 Å². The topological polar surface area (TPSA) is 34.1 Å². The molecule has 0 aromatic carbocycles. The normalized spacial score (nSPS) is 11.0. The molecule has 0 saturated carbocycles. The number of unbranched alkanes of at least 4 members (excludes halogenated alkanes) is 10. The largest absolute Gasteiger partial charge is 0.300 e. The minimum absolute atomic E-state index is 0.410. The highest BCUT2D eigenvalue weighted by molar-refractivity contribution is 8.76. The van der Waals surface area contributed by atoms with Gasteiger partial charge in [-0.2, -0.15) is 0 Å². The van der Waals surface area contributed by atoms with E-state index >= 15 is 0 Å². The number of rotatable bonds is 21. The lowest BCUT2D eigenvalue weighted by Crippen LogP contribution is -2.00. The van der Waals surface area contributed by atoms with E-state index in [9.17, 15) is 9.59 Å². The Hall–Kier alpha value is 0.0400. The minimum atomic E-state index is 0.410. The summed E-state index contributed by atoms with van der Waals surface area (Å²) in [4.78, 5) is 23.6. The van der Waals surface area contributed by atoms with Crippen LogP contribution in [0.25, 0.3) is 0 Å². The molecule has 0 rings (SSSR count). The van der Waals surface area contributed by atoms with Crippen LogP contribution in [0.5, 0.6) is 0 Å². The molecular formula is C22H42O2S2. The summed E-state index contributed by atoms with van der Waals surface area (Å²) in [5, 5.41) is 0. The molecule has 0 aromatic rings. The first-order valence-corrected chi connectivity index (χ1v) is 13.5. The third-order valence-corrected chi connectivity index (χ3v) is 7.04. The summed E-state index contributed by atoms with van der Waals surface area (Å²) in [7, 11) is 3.51. The van der Waals surface area contributed by atoms with E-state index in [-0.39, 0.29) is 0 Å². The molecule has 4 heteroatoms. The second kappa shape index (κ2) is 21.3. The maximum Gasteiger partial charge on any atom is 0.133 e. The van der Waals surface area contributed by atoms with E-state index in [2.05, 4.69) is 13.8 Å². The Labute approximate surface area is 170 Å². The molecule has 0 atom stereocenters. The fourth-order valence-corrected chi connectivity index (χ4v) is 4.95. The molecule has 154 valence electrons. The van der Waals surface area contributed by atoms with Gasteiger partial charge in [-0.3, -0.25) is 9.59 Å². The number of carbonyl (C=O) groups excluding carboxylic acids is 2. The Morgan fingerprint density at radius 3 is 1.23 bits per heavy atom. The van der Waals surface area contributed by atoms with Crippen LogP contribution in [0.2, 0.25) is 0 Å². The van der Waals surface area contributed by atoms with Crippen LogP contribution in [0.15, 0.2) is 0 Å². The molecule has 0 heterocycles. The van der Waals surface area contributed by atoms with Gasteiger partial charge >= 0.3 is 0 Å². The second-order valence-corrected chi connectivity index (χ2v) is 9.96. The Morgan fingerprint density at radius 1 is 0.500 bits per heavy atom. The molecule has 0 aromatic heterocycles. The number of hydrogen-bond donors (Lipinski definition) is 0. The molecule has 0 bridgehead atoms. The predicted molar refractivity (Wildman–Crippen MR) is 120 cm³/mol. The van der Waals surface area contributed by atoms with E-state index in [1.807, 2.05) is 0 Å². The maximum absolute atomic E-state index is 11.8. The molecule has 0 unspecified atom stereocenters. The number of ketones is 2. The number of Topliss-reactive ketones (excluding diaryl/α,β-unsaturated/α-hetero) is 2. The van der Waals surface area contributed by atoms with Crippen molar-refractivity contribution in [2.75, 3.05) is 11.5 Å². The van der Waals surface area contributed by atoms with Gasteiger partial charge in [-0.25, -0.2) is 0 Å². The molecule has 0 aliphatic rings. The lowest BCUT2D eigenvalue weighted by Gasteiger charge is -2.03. The maximum atomic E-state index is 11.8. The summed E-state index contributed by atoms with van der Waals surface area (Å²) in [6.45, 7) is 4.45. The van der Waals surface area contributed by atoms with Gasteiger partial charge in [-0.15, -0.1) is 0 Å². The molecule has 0 radical (unpaired) electrons. The van der Waals surface area contributed by atoms with Crippen molar-refractivity contribution in [2.45, 2.75) is 117 Å². The van der Waals surface area contributed by atoms with Crippen molar-refractivity contribution in [3.05, 3.63) is 0 Å². The van der Waals surface area contributed by atoms with E-state index < -0.39 is 0 Å². The highest BCUT2D eigenvalue weighted by Crippen LogP contribution is 2.23. The van der Waals surface area contributed by atoms with E-state index in [1.165, 1.54) is 64.2 Å². The van der Waals surface area contributed by atoms with Crippen molar-refractivity contribution in [2.24, 2.45) is 0 Å². The average molecular weight is 403 g/mol. The van der Waals surface area contributed by atoms with Gasteiger partial charge < -0.3 is 0 Å². The summed E-state index contributed by atoms with van der Waals surface area (Å²) in [6, 6.07) is 0. The fourth-order valence-electron chi connectivity index (χ4n) is 2.88. The van der Waals surface area contributed by atoms with E-state index in [0.29, 0.717) is 24.4 Å². The molecule has 0 aliphatic carbocycles. The fraction of sp³-hybridized carbons (Fsp3) is 0.909. The van der Waals surface area contributed by atoms with Crippen LogP contribution in [-0.2, 0) is 9.59 Å². The average Bonchev–Trinajstić information content (AvgIpc) is 2.63. The number of hydrogen-bond acceptors (Lipinski definition) is 4. The molecule has 0 N–H and O–H groups in total. The van der Waals surface area contributed by atoms with Crippen LogP contribution in [0, 0.1) is 0 Å². The third kappa shape index (κ3) is 20.4. The molecule has 0 aliphatic heterocycles. The lowest BCUT2D eigenvalue weighted by atomic mass is 10.1. The first-order valence-electron chi connectivity index (χ1n) is 11.0. The van der Waals surface area contributed by atoms with Crippen molar-refractivity contribution in [3.63, 3.8) is 0 Å². The smallest absolute Gasteiger partial charge is 0.133 e. The van der Waals surface area contributed by atoms with Gasteiger partial charge in [0, 0.05) is 37.2 Å². The van der Waals surface area contributed by atoms with Crippen LogP contribution < -0.4 is 0 Å². The number of carbonyl (C=O) groups is 2. The van der Waals surface area contributed by atoms with E-state index in [1.54, 1.807) is 21.6 Å². The Bertz CT molecular complexity index is 300.